The van der Waals surface area contributed by atoms with Gasteiger partial charge in [-0.3, -0.25) is 4.79 Å². The number of hydrogen-bond acceptors (Lipinski definition) is 3. The Morgan fingerprint density at radius 1 is 1.38 bits per heavy atom. The number of benzene rings is 1. The van der Waals surface area contributed by atoms with E-state index in [9.17, 15) is 4.79 Å². The number of ether oxygens (including phenoxy) is 1. The summed E-state index contributed by atoms with van der Waals surface area (Å²) in [7, 11) is 1.89. The second-order valence-corrected chi connectivity index (χ2v) is 5.86. The molecule has 1 fully saturated rings. The molecule has 1 aromatic rings. The largest absolute Gasteiger partial charge is 0.381 e. The van der Waals surface area contributed by atoms with Crippen LogP contribution in [0.3, 0.4) is 0 Å². The smallest absolute Gasteiger partial charge is 0.253 e. The molecule has 0 aliphatic carbocycles. The molecule has 1 amide bonds. The van der Waals surface area contributed by atoms with Gasteiger partial charge in [0, 0.05) is 38.9 Å². The molecule has 2 aliphatic heterocycles. The molecule has 0 spiro atoms. The quantitative estimate of drug-likeness (QED) is 0.930. The molecule has 1 N–H and O–H groups in total. The van der Waals surface area contributed by atoms with Gasteiger partial charge in [-0.25, -0.2) is 0 Å². The third-order valence-corrected chi connectivity index (χ3v) is 4.22. The minimum Gasteiger partial charge on any atom is -0.381 e. The molecular formula is C16H23ClN2O2. The fourth-order valence-corrected chi connectivity index (χ4v) is 3.07. The molecule has 1 atom stereocenters. The van der Waals surface area contributed by atoms with E-state index in [1.807, 2.05) is 24.1 Å². The summed E-state index contributed by atoms with van der Waals surface area (Å²) in [6, 6.07) is 6.05. The third kappa shape index (κ3) is 3.76. The van der Waals surface area contributed by atoms with Crippen LogP contribution in [0.2, 0.25) is 0 Å². The van der Waals surface area contributed by atoms with Crippen LogP contribution >= 0.6 is 12.4 Å². The van der Waals surface area contributed by atoms with Crippen molar-refractivity contribution < 1.29 is 9.53 Å². The van der Waals surface area contributed by atoms with Gasteiger partial charge >= 0.3 is 0 Å². The van der Waals surface area contributed by atoms with Crippen molar-refractivity contribution in [1.82, 2.24) is 10.2 Å². The monoisotopic (exact) mass is 310 g/mol. The Morgan fingerprint density at radius 2 is 2.19 bits per heavy atom. The first-order valence-electron chi connectivity index (χ1n) is 7.40. The van der Waals surface area contributed by atoms with Crippen LogP contribution in [0, 0.1) is 5.92 Å². The van der Waals surface area contributed by atoms with E-state index in [0.717, 1.165) is 51.3 Å². The lowest BCUT2D eigenvalue weighted by Gasteiger charge is -2.27. The average molecular weight is 311 g/mol. The second kappa shape index (κ2) is 7.25. The zero-order chi connectivity index (χ0) is 13.9. The highest BCUT2D eigenvalue weighted by molar-refractivity contribution is 5.94. The van der Waals surface area contributed by atoms with E-state index >= 15 is 0 Å². The van der Waals surface area contributed by atoms with Crippen molar-refractivity contribution in [3.05, 3.63) is 34.9 Å². The maximum Gasteiger partial charge on any atom is 0.253 e. The van der Waals surface area contributed by atoms with Gasteiger partial charge in [0.2, 0.25) is 0 Å². The molecule has 0 aromatic heterocycles. The van der Waals surface area contributed by atoms with E-state index < -0.39 is 0 Å². The topological polar surface area (TPSA) is 41.6 Å². The zero-order valence-corrected chi connectivity index (χ0v) is 13.2. The highest BCUT2D eigenvalue weighted by Crippen LogP contribution is 2.19. The highest BCUT2D eigenvalue weighted by Gasteiger charge is 2.20. The molecule has 3 rings (SSSR count). The molecule has 2 aliphatic rings. The van der Waals surface area contributed by atoms with E-state index in [0.29, 0.717) is 5.92 Å². The molecule has 0 saturated carbocycles. The molecule has 4 nitrogen and oxygen atoms in total. The Hall–Kier alpha value is -1.10. The van der Waals surface area contributed by atoms with Gasteiger partial charge in [0.25, 0.3) is 5.91 Å². The standard InChI is InChI=1S/C16H22N2O2.ClH/c1-18(10-12-3-2-6-20-11-12)16(19)13-4-5-14-8-17-9-15(14)7-13;/h4-5,7,12,17H,2-3,6,8-11H2,1H3;1H. The number of carbonyl (C=O) groups excluding carboxylic acids is 1. The Balaban J connectivity index is 0.00000161. The van der Waals surface area contributed by atoms with Crippen LogP contribution in [0.4, 0.5) is 0 Å². The van der Waals surface area contributed by atoms with Crippen molar-refractivity contribution in [1.29, 1.82) is 0 Å². The lowest BCUT2D eigenvalue weighted by molar-refractivity contribution is 0.0388. The first kappa shape index (κ1) is 16.3. The minimum absolute atomic E-state index is 0. The summed E-state index contributed by atoms with van der Waals surface area (Å²) >= 11 is 0. The van der Waals surface area contributed by atoms with E-state index in [2.05, 4.69) is 11.4 Å². The number of halogens is 1. The molecule has 1 unspecified atom stereocenters. The van der Waals surface area contributed by atoms with Gasteiger partial charge in [-0.2, -0.15) is 0 Å². The van der Waals surface area contributed by atoms with Crippen molar-refractivity contribution in [3.8, 4) is 0 Å². The molecule has 116 valence electrons. The van der Waals surface area contributed by atoms with Crippen LogP contribution in [0.15, 0.2) is 18.2 Å². The summed E-state index contributed by atoms with van der Waals surface area (Å²) in [6.07, 6.45) is 2.27. The molecular weight excluding hydrogens is 288 g/mol. The second-order valence-electron chi connectivity index (χ2n) is 5.86. The number of nitrogens with one attached hydrogen (secondary N) is 1. The van der Waals surface area contributed by atoms with Crippen LogP contribution in [0.25, 0.3) is 0 Å². The number of amides is 1. The Bertz CT molecular complexity index is 501. The molecule has 1 saturated heterocycles. The molecule has 0 radical (unpaired) electrons. The van der Waals surface area contributed by atoms with Crippen molar-refractivity contribution in [2.45, 2.75) is 25.9 Å². The first-order valence-corrected chi connectivity index (χ1v) is 7.40. The van der Waals surface area contributed by atoms with Gasteiger partial charge in [0.15, 0.2) is 0 Å². The van der Waals surface area contributed by atoms with Gasteiger partial charge < -0.3 is 15.0 Å². The van der Waals surface area contributed by atoms with Crippen LogP contribution in [0.5, 0.6) is 0 Å². The van der Waals surface area contributed by atoms with Crippen LogP contribution < -0.4 is 5.32 Å². The number of nitrogens with zero attached hydrogens (tertiary/aromatic N) is 1. The summed E-state index contributed by atoms with van der Waals surface area (Å²) in [5.41, 5.74) is 3.36. The van der Waals surface area contributed by atoms with Crippen molar-refractivity contribution in [2.24, 2.45) is 5.92 Å². The van der Waals surface area contributed by atoms with Crippen LogP contribution in [-0.2, 0) is 17.8 Å². The summed E-state index contributed by atoms with van der Waals surface area (Å²) in [6.45, 7) is 4.22. The number of hydrogen-bond donors (Lipinski definition) is 1. The van der Waals surface area contributed by atoms with Gasteiger partial charge in [-0.05, 0) is 42.0 Å². The van der Waals surface area contributed by atoms with E-state index in [4.69, 9.17) is 4.74 Å². The van der Waals surface area contributed by atoms with Gasteiger partial charge in [0.1, 0.15) is 0 Å². The Kier molecular flexibility index (Phi) is 5.62. The Labute approximate surface area is 132 Å². The Morgan fingerprint density at radius 3 is 2.95 bits per heavy atom. The lowest BCUT2D eigenvalue weighted by Crippen LogP contribution is -2.35. The lowest BCUT2D eigenvalue weighted by atomic mass is 10.0. The molecule has 0 bridgehead atoms. The maximum atomic E-state index is 12.5. The SMILES string of the molecule is CN(CC1CCCOC1)C(=O)c1ccc2c(c1)CNC2.Cl. The summed E-state index contributed by atoms with van der Waals surface area (Å²) in [5, 5.41) is 3.31. The molecule has 2 heterocycles. The summed E-state index contributed by atoms with van der Waals surface area (Å²) < 4.78 is 5.48. The van der Waals surface area contributed by atoms with Gasteiger partial charge in [-0.1, -0.05) is 6.07 Å². The van der Waals surface area contributed by atoms with Crippen LogP contribution in [0.1, 0.15) is 34.3 Å². The fourth-order valence-electron chi connectivity index (χ4n) is 3.07. The number of fused-ring (bicyclic) bond motifs is 1. The summed E-state index contributed by atoms with van der Waals surface area (Å²) in [5.74, 6) is 0.596. The zero-order valence-electron chi connectivity index (χ0n) is 12.4. The fraction of sp³-hybridized carbons (Fsp3) is 0.562. The van der Waals surface area contributed by atoms with Crippen molar-refractivity contribution >= 4 is 18.3 Å². The van der Waals surface area contributed by atoms with E-state index in [1.54, 1.807) is 0 Å². The first-order chi connectivity index (χ1) is 9.74. The normalized spacial score (nSPS) is 20.5. The number of rotatable bonds is 3. The van der Waals surface area contributed by atoms with E-state index in [1.165, 1.54) is 11.1 Å². The molecule has 21 heavy (non-hydrogen) atoms. The average Bonchev–Trinajstić information content (AvgIpc) is 2.94. The van der Waals surface area contributed by atoms with Gasteiger partial charge in [0.05, 0.1) is 6.61 Å². The molecule has 1 aromatic carbocycles. The summed E-state index contributed by atoms with van der Waals surface area (Å²) in [4.78, 5) is 14.3. The number of carbonyl (C=O) groups is 1. The van der Waals surface area contributed by atoms with Crippen molar-refractivity contribution in [2.75, 3.05) is 26.8 Å². The third-order valence-electron chi connectivity index (χ3n) is 4.22. The van der Waals surface area contributed by atoms with E-state index in [-0.39, 0.29) is 18.3 Å². The highest BCUT2D eigenvalue weighted by atomic mass is 35.5. The maximum absolute atomic E-state index is 12.5. The van der Waals surface area contributed by atoms with Crippen molar-refractivity contribution in [3.63, 3.8) is 0 Å². The predicted octanol–water partition coefficient (Wildman–Crippen LogP) is 2.21. The molecule has 5 heteroatoms. The minimum atomic E-state index is 0. The van der Waals surface area contributed by atoms with Gasteiger partial charge in [-0.15, -0.1) is 12.4 Å². The van der Waals surface area contributed by atoms with Crippen LogP contribution in [-0.4, -0.2) is 37.6 Å². The predicted molar refractivity (Wildman–Crippen MR) is 84.7 cm³/mol.